The summed E-state index contributed by atoms with van der Waals surface area (Å²) in [6, 6.07) is 7.63. The van der Waals surface area contributed by atoms with Gasteiger partial charge in [-0.05, 0) is 11.6 Å². The number of carbonyl (C=O) groups excluding carboxylic acids is 1. The van der Waals surface area contributed by atoms with Crippen molar-refractivity contribution in [3.8, 4) is 0 Å². The molecule has 0 atom stereocenters. The molecular weight excluding hydrogens is 174 g/mol. The molecule has 0 aromatic heterocycles. The minimum absolute atomic E-state index is 0.0515. The highest BCUT2D eigenvalue weighted by Crippen LogP contribution is 2.13. The maximum atomic E-state index is 11.0. The summed E-state index contributed by atoms with van der Waals surface area (Å²) in [7, 11) is 0. The van der Waals surface area contributed by atoms with Gasteiger partial charge in [-0.1, -0.05) is 45.9 Å². The second-order valence-corrected chi connectivity index (χ2v) is 2.34. The number of benzene rings is 1. The Morgan fingerprint density at radius 3 is 2.21 bits per heavy atom. The summed E-state index contributed by atoms with van der Waals surface area (Å²) in [5.41, 5.74) is 1.93. The Morgan fingerprint density at radius 1 is 1.07 bits per heavy atom. The third-order valence-corrected chi connectivity index (χ3v) is 1.70. The Kier molecular flexibility index (Phi) is 6.46. The molecule has 14 heavy (non-hydrogen) atoms. The summed E-state index contributed by atoms with van der Waals surface area (Å²) in [6.45, 7) is 8.69. The first kappa shape index (κ1) is 12.7. The van der Waals surface area contributed by atoms with Gasteiger partial charge in [0.05, 0.1) is 0 Å². The minimum atomic E-state index is 0.0515. The average molecular weight is 193 g/mol. The number of hydrogen-bond donors (Lipinski definition) is 1. The van der Waals surface area contributed by atoms with Crippen LogP contribution in [0.2, 0.25) is 0 Å². The van der Waals surface area contributed by atoms with Gasteiger partial charge >= 0.3 is 0 Å². The van der Waals surface area contributed by atoms with Crippen LogP contribution in [0, 0.1) is 0 Å². The molecule has 0 fully saturated rings. The Morgan fingerprint density at radius 2 is 1.64 bits per heavy atom. The molecule has 1 aliphatic rings. The molecule has 0 spiro atoms. The monoisotopic (exact) mass is 193 g/mol. The van der Waals surface area contributed by atoms with Gasteiger partial charge in [-0.25, -0.2) is 0 Å². The first-order valence-electron chi connectivity index (χ1n) is 5.24. The number of hydrogen-bond acceptors (Lipinski definition) is 1. The van der Waals surface area contributed by atoms with Gasteiger partial charge in [0, 0.05) is 12.1 Å². The second kappa shape index (κ2) is 7.13. The van der Waals surface area contributed by atoms with E-state index in [1.165, 1.54) is 0 Å². The van der Waals surface area contributed by atoms with Crippen molar-refractivity contribution >= 4 is 5.91 Å². The van der Waals surface area contributed by atoms with Crippen molar-refractivity contribution < 1.29 is 4.79 Å². The van der Waals surface area contributed by atoms with Crippen molar-refractivity contribution in [2.24, 2.45) is 0 Å². The predicted molar refractivity (Wildman–Crippen MR) is 60.3 cm³/mol. The minimum Gasteiger partial charge on any atom is -0.348 e. The first-order valence-corrected chi connectivity index (χ1v) is 5.24. The van der Waals surface area contributed by atoms with E-state index in [0.717, 1.165) is 11.1 Å². The Hall–Kier alpha value is -1.31. The molecule has 1 aromatic rings. The molecule has 2 rings (SSSR count). The quantitative estimate of drug-likeness (QED) is 0.674. The Balaban J connectivity index is 0.000000379. The summed E-state index contributed by atoms with van der Waals surface area (Å²) in [5, 5.41) is 2.75. The molecule has 0 bridgehead atoms. The van der Waals surface area contributed by atoms with Crippen LogP contribution in [0.3, 0.4) is 0 Å². The van der Waals surface area contributed by atoms with Crippen molar-refractivity contribution in [1.29, 1.82) is 0 Å². The molecule has 1 aliphatic heterocycles. The summed E-state index contributed by atoms with van der Waals surface area (Å²) in [4.78, 5) is 11.0. The highest BCUT2D eigenvalue weighted by atomic mass is 16.1. The molecule has 1 aromatic carbocycles. The van der Waals surface area contributed by atoms with E-state index in [4.69, 9.17) is 0 Å². The molecule has 0 unspecified atom stereocenters. The Labute approximate surface area is 86.3 Å². The standard InChI is InChI=1S/C8H7NO.2C2H6/c10-8-7-4-2-1-3-6(7)5-9-8;2*1-2/h1-4H,5H2,(H,9,10);2*1-2H3. The molecule has 2 nitrogen and oxygen atoms in total. The molecule has 78 valence electrons. The molecule has 0 saturated heterocycles. The van der Waals surface area contributed by atoms with E-state index < -0.39 is 0 Å². The third-order valence-electron chi connectivity index (χ3n) is 1.70. The molecule has 0 saturated carbocycles. The second-order valence-electron chi connectivity index (χ2n) is 2.34. The third kappa shape index (κ3) is 2.87. The van der Waals surface area contributed by atoms with E-state index in [-0.39, 0.29) is 5.91 Å². The SMILES string of the molecule is CC.CC.O=C1NCc2ccccc21. The van der Waals surface area contributed by atoms with Crippen LogP contribution in [-0.2, 0) is 6.54 Å². The molecule has 1 heterocycles. The van der Waals surface area contributed by atoms with E-state index in [2.05, 4.69) is 5.32 Å². The fourth-order valence-electron chi connectivity index (χ4n) is 1.17. The zero-order valence-electron chi connectivity index (χ0n) is 9.42. The zero-order valence-corrected chi connectivity index (χ0v) is 9.42. The van der Waals surface area contributed by atoms with Gasteiger partial charge in [-0.2, -0.15) is 0 Å². The van der Waals surface area contributed by atoms with Crippen molar-refractivity contribution in [2.75, 3.05) is 0 Å². The van der Waals surface area contributed by atoms with Crippen LogP contribution in [-0.4, -0.2) is 5.91 Å². The Bertz CT molecular complexity index is 281. The van der Waals surface area contributed by atoms with E-state index >= 15 is 0 Å². The number of rotatable bonds is 0. The fourth-order valence-corrected chi connectivity index (χ4v) is 1.17. The topological polar surface area (TPSA) is 29.1 Å². The number of nitrogens with one attached hydrogen (secondary N) is 1. The number of amides is 1. The predicted octanol–water partition coefficient (Wildman–Crippen LogP) is 2.98. The first-order chi connectivity index (χ1) is 6.88. The van der Waals surface area contributed by atoms with E-state index in [1.807, 2.05) is 52.0 Å². The zero-order chi connectivity index (χ0) is 11.0. The van der Waals surface area contributed by atoms with Gasteiger partial charge < -0.3 is 5.32 Å². The van der Waals surface area contributed by atoms with Crippen LogP contribution in [0.5, 0.6) is 0 Å². The summed E-state index contributed by atoms with van der Waals surface area (Å²) in [5.74, 6) is 0.0515. The van der Waals surface area contributed by atoms with Gasteiger partial charge in [0.15, 0.2) is 0 Å². The van der Waals surface area contributed by atoms with Crippen LogP contribution in [0.15, 0.2) is 24.3 Å². The molecule has 0 radical (unpaired) electrons. The van der Waals surface area contributed by atoms with E-state index in [9.17, 15) is 4.79 Å². The van der Waals surface area contributed by atoms with Gasteiger partial charge in [0.25, 0.3) is 5.91 Å². The largest absolute Gasteiger partial charge is 0.348 e. The molecule has 0 aliphatic carbocycles. The summed E-state index contributed by atoms with van der Waals surface area (Å²) >= 11 is 0. The number of fused-ring (bicyclic) bond motifs is 1. The van der Waals surface area contributed by atoms with Crippen molar-refractivity contribution in [3.63, 3.8) is 0 Å². The summed E-state index contributed by atoms with van der Waals surface area (Å²) < 4.78 is 0. The molecule has 1 N–H and O–H groups in total. The molecule has 2 heteroatoms. The maximum absolute atomic E-state index is 11.0. The van der Waals surface area contributed by atoms with Gasteiger partial charge in [0.2, 0.25) is 0 Å². The maximum Gasteiger partial charge on any atom is 0.251 e. The molecular formula is C12H19NO. The van der Waals surface area contributed by atoms with Crippen molar-refractivity contribution in [3.05, 3.63) is 35.4 Å². The smallest absolute Gasteiger partial charge is 0.251 e. The summed E-state index contributed by atoms with van der Waals surface area (Å²) in [6.07, 6.45) is 0. The van der Waals surface area contributed by atoms with Crippen LogP contribution in [0.1, 0.15) is 43.6 Å². The van der Waals surface area contributed by atoms with Crippen molar-refractivity contribution in [2.45, 2.75) is 34.2 Å². The highest BCUT2D eigenvalue weighted by molar-refractivity contribution is 5.98. The van der Waals surface area contributed by atoms with Crippen LogP contribution in [0.25, 0.3) is 0 Å². The van der Waals surface area contributed by atoms with Gasteiger partial charge in [-0.15, -0.1) is 0 Å². The molecule has 1 amide bonds. The van der Waals surface area contributed by atoms with E-state index in [1.54, 1.807) is 0 Å². The van der Waals surface area contributed by atoms with E-state index in [0.29, 0.717) is 6.54 Å². The lowest BCUT2D eigenvalue weighted by molar-refractivity contribution is 0.0966. The lowest BCUT2D eigenvalue weighted by Gasteiger charge is -1.89. The van der Waals surface area contributed by atoms with Crippen molar-refractivity contribution in [1.82, 2.24) is 5.32 Å². The highest BCUT2D eigenvalue weighted by Gasteiger charge is 2.16. The normalized spacial score (nSPS) is 11.3. The lowest BCUT2D eigenvalue weighted by atomic mass is 10.1. The van der Waals surface area contributed by atoms with Crippen LogP contribution < -0.4 is 5.32 Å². The van der Waals surface area contributed by atoms with Gasteiger partial charge in [-0.3, -0.25) is 4.79 Å². The van der Waals surface area contributed by atoms with Crippen LogP contribution in [0.4, 0.5) is 0 Å². The average Bonchev–Trinajstić information content (AvgIpc) is 2.67. The lowest BCUT2D eigenvalue weighted by Crippen LogP contribution is -2.12. The fraction of sp³-hybridized carbons (Fsp3) is 0.417. The van der Waals surface area contributed by atoms with Gasteiger partial charge in [0.1, 0.15) is 0 Å². The number of carbonyl (C=O) groups is 1. The van der Waals surface area contributed by atoms with Crippen LogP contribution >= 0.6 is 0 Å².